The molecule has 1 aliphatic carbocycles. The van der Waals surface area contributed by atoms with E-state index in [9.17, 15) is 0 Å². The summed E-state index contributed by atoms with van der Waals surface area (Å²) in [6.45, 7) is 0. The Hall–Kier alpha value is -3.68. The van der Waals surface area contributed by atoms with Crippen LogP contribution in [0.4, 0.5) is 0 Å². The molecule has 4 heteroatoms. The Bertz CT molecular complexity index is 1230. The molecular formula is C28H21N3P+. The summed E-state index contributed by atoms with van der Waals surface area (Å²) in [4.78, 5) is 14.9. The molecule has 0 unspecified atom stereocenters. The number of benzene rings is 2. The zero-order valence-corrected chi connectivity index (χ0v) is 18.3. The van der Waals surface area contributed by atoms with E-state index in [2.05, 4.69) is 84.9 Å². The molecule has 3 aromatic heterocycles. The first-order valence-electron chi connectivity index (χ1n) is 10.7. The standard InChI is InChI=1S/C28H21N3P/c1-3-13-23-21(11-1)22-12-2-4-14-24(22)28(23)32(25-15-5-8-18-29-25,26-16-6-9-19-30-26)27-17-7-10-20-31-27/h1-20,28H/q+1. The van der Waals surface area contributed by atoms with Crippen LogP contribution >= 0.6 is 7.26 Å². The third-order valence-electron chi connectivity index (χ3n) is 6.22. The van der Waals surface area contributed by atoms with Crippen molar-refractivity contribution in [2.45, 2.75) is 5.66 Å². The third kappa shape index (κ3) is 2.75. The molecule has 0 atom stereocenters. The Morgan fingerprint density at radius 3 is 1.19 bits per heavy atom. The highest BCUT2D eigenvalue weighted by Crippen LogP contribution is 2.71. The number of hydrogen-bond donors (Lipinski definition) is 0. The molecule has 0 saturated heterocycles. The SMILES string of the molecule is c1ccc([P+](c2ccccn2)(c2ccccn2)C2c3ccccc3-c3ccccc32)nc1. The fourth-order valence-electron chi connectivity index (χ4n) is 4.98. The lowest BCUT2D eigenvalue weighted by molar-refractivity contribution is 1.17. The maximum atomic E-state index is 4.96. The highest BCUT2D eigenvalue weighted by Gasteiger charge is 2.60. The van der Waals surface area contributed by atoms with E-state index in [1.54, 1.807) is 0 Å². The van der Waals surface area contributed by atoms with E-state index < -0.39 is 7.26 Å². The Morgan fingerprint density at radius 1 is 0.438 bits per heavy atom. The minimum absolute atomic E-state index is 0.0922. The molecule has 3 heterocycles. The fourth-order valence-corrected chi connectivity index (χ4v) is 9.47. The molecule has 0 amide bonds. The van der Waals surface area contributed by atoms with Gasteiger partial charge in [-0.2, -0.15) is 0 Å². The van der Waals surface area contributed by atoms with Crippen LogP contribution in [0, 0.1) is 0 Å². The Morgan fingerprint density at radius 2 is 0.812 bits per heavy atom. The fraction of sp³-hybridized carbons (Fsp3) is 0.0357. The molecule has 0 fully saturated rings. The third-order valence-corrected chi connectivity index (χ3v) is 10.5. The van der Waals surface area contributed by atoms with E-state index in [0.29, 0.717) is 0 Å². The van der Waals surface area contributed by atoms with E-state index in [-0.39, 0.29) is 5.66 Å². The van der Waals surface area contributed by atoms with Gasteiger partial charge >= 0.3 is 0 Å². The second kappa shape index (κ2) is 7.78. The summed E-state index contributed by atoms with van der Waals surface area (Å²) in [6, 6.07) is 36.2. The lowest BCUT2D eigenvalue weighted by Gasteiger charge is -2.30. The normalized spacial score (nSPS) is 12.9. The van der Waals surface area contributed by atoms with Crippen molar-refractivity contribution in [2.24, 2.45) is 0 Å². The summed E-state index contributed by atoms with van der Waals surface area (Å²) in [7, 11) is -2.40. The summed E-state index contributed by atoms with van der Waals surface area (Å²) in [5, 5.41) is 0. The van der Waals surface area contributed by atoms with E-state index >= 15 is 0 Å². The van der Waals surface area contributed by atoms with Crippen molar-refractivity contribution in [3.63, 3.8) is 0 Å². The maximum Gasteiger partial charge on any atom is 0.197 e. The molecular weight excluding hydrogens is 409 g/mol. The van der Waals surface area contributed by atoms with Crippen LogP contribution in [0.3, 0.4) is 0 Å². The quantitative estimate of drug-likeness (QED) is 0.379. The van der Waals surface area contributed by atoms with Gasteiger partial charge in [0.1, 0.15) is 5.66 Å². The van der Waals surface area contributed by atoms with Gasteiger partial charge in [0.15, 0.2) is 23.6 Å². The molecule has 0 saturated carbocycles. The average molecular weight is 430 g/mol. The largest absolute Gasteiger partial charge is 0.221 e. The van der Waals surface area contributed by atoms with Crippen LogP contribution in [0.15, 0.2) is 122 Å². The van der Waals surface area contributed by atoms with Crippen LogP contribution in [0.25, 0.3) is 11.1 Å². The number of aromatic nitrogens is 3. The topological polar surface area (TPSA) is 38.7 Å². The first kappa shape index (κ1) is 19.0. The molecule has 0 aliphatic heterocycles. The molecule has 152 valence electrons. The number of nitrogens with zero attached hydrogens (tertiary/aromatic N) is 3. The highest BCUT2D eigenvalue weighted by atomic mass is 31.2. The van der Waals surface area contributed by atoms with Gasteiger partial charge < -0.3 is 0 Å². The molecule has 0 spiro atoms. The zero-order valence-electron chi connectivity index (χ0n) is 17.4. The van der Waals surface area contributed by atoms with E-state index in [0.717, 1.165) is 16.3 Å². The van der Waals surface area contributed by atoms with Gasteiger partial charge in [0.25, 0.3) is 0 Å². The molecule has 3 nitrogen and oxygen atoms in total. The Labute approximate surface area is 188 Å². The van der Waals surface area contributed by atoms with Gasteiger partial charge in [-0.3, -0.25) is 0 Å². The second-order valence-electron chi connectivity index (χ2n) is 7.86. The summed E-state index contributed by atoms with van der Waals surface area (Å²) in [6.07, 6.45) is 5.67. The minimum atomic E-state index is -2.40. The molecule has 32 heavy (non-hydrogen) atoms. The molecule has 5 aromatic rings. The number of hydrogen-bond acceptors (Lipinski definition) is 3. The zero-order chi connectivity index (χ0) is 21.4. The van der Waals surface area contributed by atoms with Gasteiger partial charge in [-0.05, 0) is 29.3 Å². The van der Waals surface area contributed by atoms with Crippen molar-refractivity contribution in [1.82, 2.24) is 15.0 Å². The Balaban J connectivity index is 1.79. The van der Waals surface area contributed by atoms with Gasteiger partial charge in [0, 0.05) is 47.9 Å². The van der Waals surface area contributed by atoms with Crippen LogP contribution in [0.5, 0.6) is 0 Å². The molecule has 2 aromatic carbocycles. The number of rotatable bonds is 4. The van der Waals surface area contributed by atoms with Crippen molar-refractivity contribution < 1.29 is 0 Å². The van der Waals surface area contributed by atoms with Gasteiger partial charge in [-0.25, -0.2) is 15.0 Å². The van der Waals surface area contributed by atoms with Crippen molar-refractivity contribution >= 4 is 23.6 Å². The monoisotopic (exact) mass is 430 g/mol. The molecule has 1 aliphatic rings. The predicted octanol–water partition coefficient (Wildman–Crippen LogP) is 4.94. The van der Waals surface area contributed by atoms with Crippen LogP contribution in [0.1, 0.15) is 16.8 Å². The van der Waals surface area contributed by atoms with Crippen molar-refractivity contribution in [3.05, 3.63) is 133 Å². The molecule has 0 radical (unpaired) electrons. The van der Waals surface area contributed by atoms with E-state index in [1.165, 1.54) is 22.3 Å². The smallest absolute Gasteiger partial charge is 0.197 e. The molecule has 6 rings (SSSR count). The molecule has 0 bridgehead atoms. The summed E-state index contributed by atoms with van der Waals surface area (Å²) < 4.78 is 0. The van der Waals surface area contributed by atoms with E-state index in [4.69, 9.17) is 15.0 Å². The summed E-state index contributed by atoms with van der Waals surface area (Å²) in [5.41, 5.74) is 8.47. The predicted molar refractivity (Wildman–Crippen MR) is 132 cm³/mol. The van der Waals surface area contributed by atoms with Crippen LogP contribution in [-0.2, 0) is 0 Å². The van der Waals surface area contributed by atoms with Crippen LogP contribution in [-0.4, -0.2) is 15.0 Å². The van der Waals surface area contributed by atoms with Gasteiger partial charge in [0.2, 0.25) is 0 Å². The van der Waals surface area contributed by atoms with Gasteiger partial charge in [-0.15, -0.1) is 0 Å². The first-order valence-corrected chi connectivity index (χ1v) is 12.6. The Kier molecular flexibility index (Phi) is 4.63. The van der Waals surface area contributed by atoms with Crippen molar-refractivity contribution in [3.8, 4) is 11.1 Å². The van der Waals surface area contributed by atoms with Gasteiger partial charge in [0.05, 0.1) is 0 Å². The second-order valence-corrected chi connectivity index (χ2v) is 11.2. The lowest BCUT2D eigenvalue weighted by atomic mass is 10.1. The highest BCUT2D eigenvalue weighted by molar-refractivity contribution is 7.95. The summed E-state index contributed by atoms with van der Waals surface area (Å²) in [5.74, 6) is 0. The van der Waals surface area contributed by atoms with E-state index in [1.807, 2.05) is 36.8 Å². The van der Waals surface area contributed by atoms with Gasteiger partial charge in [-0.1, -0.05) is 66.7 Å². The number of pyridine rings is 3. The van der Waals surface area contributed by atoms with Crippen molar-refractivity contribution in [1.29, 1.82) is 0 Å². The van der Waals surface area contributed by atoms with Crippen molar-refractivity contribution in [2.75, 3.05) is 0 Å². The summed E-state index contributed by atoms with van der Waals surface area (Å²) >= 11 is 0. The first-order chi connectivity index (χ1) is 15.9. The van der Waals surface area contributed by atoms with Crippen LogP contribution < -0.4 is 16.3 Å². The van der Waals surface area contributed by atoms with Crippen LogP contribution in [0.2, 0.25) is 0 Å². The number of fused-ring (bicyclic) bond motifs is 3. The minimum Gasteiger partial charge on any atom is -0.221 e. The average Bonchev–Trinajstić information content (AvgIpc) is 3.22. The maximum absolute atomic E-state index is 4.96. The molecule has 0 N–H and O–H groups in total. The lowest BCUT2D eigenvalue weighted by Crippen LogP contribution is -2.39.